The molecule has 0 aromatic carbocycles. The molecule has 0 aromatic rings. The van der Waals surface area contributed by atoms with Gasteiger partial charge in [0, 0.05) is 29.6 Å². The average Bonchev–Trinajstić information content (AvgIpc) is 2.60. The van der Waals surface area contributed by atoms with Gasteiger partial charge in [0.05, 0.1) is 12.2 Å². The highest BCUT2D eigenvalue weighted by atomic mass is 16.5. The summed E-state index contributed by atoms with van der Waals surface area (Å²) in [4.78, 5) is 4.89. The Hall–Kier alpha value is -0.710. The first kappa shape index (κ1) is 16.5. The summed E-state index contributed by atoms with van der Waals surface area (Å²) < 4.78 is 5.75. The predicted molar refractivity (Wildman–Crippen MR) is 96.2 cm³/mol. The van der Waals surface area contributed by atoms with Gasteiger partial charge in [-0.1, -0.05) is 19.9 Å². The molecule has 5 saturated carbocycles. The predicted octanol–water partition coefficient (Wildman–Crippen LogP) is 2.93. The SMILES string of the molecule is C=C1[C@H]2CC[C@@]3([C@H](O)C[C@@H]4[C@@]5(C)CCC[C@]4(C=N[C@@H]5OC)[C@@H]3C2)[C@H]1O. The number of aliphatic hydroxyl groups is 2. The zero-order valence-electron chi connectivity index (χ0n) is 15.4. The number of aliphatic imine (C=N–C) groups is 1. The summed E-state index contributed by atoms with van der Waals surface area (Å²) in [6.45, 7) is 6.52. The zero-order chi connectivity index (χ0) is 17.6. The van der Waals surface area contributed by atoms with Crippen LogP contribution in [0.1, 0.15) is 51.9 Å². The van der Waals surface area contributed by atoms with Gasteiger partial charge in [0.1, 0.15) is 0 Å². The van der Waals surface area contributed by atoms with Crippen LogP contribution in [0.25, 0.3) is 0 Å². The molecule has 0 radical (unpaired) electrons. The largest absolute Gasteiger partial charge is 0.392 e. The van der Waals surface area contributed by atoms with Crippen LogP contribution in [0, 0.1) is 34.0 Å². The van der Waals surface area contributed by atoms with Crippen LogP contribution in [0.3, 0.4) is 0 Å². The van der Waals surface area contributed by atoms with Crippen LogP contribution in [0.2, 0.25) is 0 Å². The van der Waals surface area contributed by atoms with Crippen molar-refractivity contribution in [3.8, 4) is 0 Å². The summed E-state index contributed by atoms with van der Waals surface area (Å²) in [6, 6.07) is 0. The van der Waals surface area contributed by atoms with Gasteiger partial charge in [0.25, 0.3) is 0 Å². The second-order valence-corrected chi connectivity index (χ2v) is 9.76. The molecule has 0 unspecified atom stereocenters. The summed E-state index contributed by atoms with van der Waals surface area (Å²) in [6.07, 6.45) is 8.34. The molecule has 2 N–H and O–H groups in total. The van der Waals surface area contributed by atoms with Gasteiger partial charge >= 0.3 is 0 Å². The fourth-order valence-electron chi connectivity index (χ4n) is 8.09. The Kier molecular flexibility index (Phi) is 3.27. The Balaban J connectivity index is 1.68. The second-order valence-electron chi connectivity index (χ2n) is 9.76. The van der Waals surface area contributed by atoms with E-state index in [2.05, 4.69) is 19.7 Å². The molecule has 5 fully saturated rings. The van der Waals surface area contributed by atoms with Crippen molar-refractivity contribution in [3.05, 3.63) is 12.2 Å². The van der Waals surface area contributed by atoms with Crippen LogP contribution < -0.4 is 0 Å². The Morgan fingerprint density at radius 1 is 1.20 bits per heavy atom. The van der Waals surface area contributed by atoms with Gasteiger partial charge in [-0.15, -0.1) is 0 Å². The summed E-state index contributed by atoms with van der Waals surface area (Å²) in [7, 11) is 1.76. The molecule has 5 aliphatic carbocycles. The van der Waals surface area contributed by atoms with E-state index < -0.39 is 17.6 Å². The van der Waals surface area contributed by atoms with Crippen LogP contribution >= 0.6 is 0 Å². The monoisotopic (exact) mass is 345 g/mol. The maximum atomic E-state index is 11.3. The van der Waals surface area contributed by atoms with E-state index in [9.17, 15) is 10.2 Å². The fraction of sp³-hybridized carbons (Fsp3) is 0.857. The van der Waals surface area contributed by atoms with Crippen molar-refractivity contribution in [2.24, 2.45) is 39.0 Å². The summed E-state index contributed by atoms with van der Waals surface area (Å²) in [5.74, 6) is 1.11. The Morgan fingerprint density at radius 3 is 2.76 bits per heavy atom. The van der Waals surface area contributed by atoms with Gasteiger partial charge in [-0.3, -0.25) is 4.99 Å². The molecule has 1 spiro atoms. The number of rotatable bonds is 1. The molecule has 9 atom stereocenters. The number of fused-ring (bicyclic) bond motifs is 2. The van der Waals surface area contributed by atoms with Crippen molar-refractivity contribution in [1.82, 2.24) is 0 Å². The molecule has 138 valence electrons. The minimum Gasteiger partial charge on any atom is -0.392 e. The fourth-order valence-corrected chi connectivity index (χ4v) is 8.09. The third-order valence-electron chi connectivity index (χ3n) is 9.22. The molecule has 1 heterocycles. The van der Waals surface area contributed by atoms with Crippen molar-refractivity contribution in [1.29, 1.82) is 0 Å². The van der Waals surface area contributed by atoms with Gasteiger partial charge < -0.3 is 14.9 Å². The molecule has 25 heavy (non-hydrogen) atoms. The van der Waals surface area contributed by atoms with Crippen LogP contribution in [-0.2, 0) is 4.74 Å². The van der Waals surface area contributed by atoms with Crippen molar-refractivity contribution >= 4 is 6.21 Å². The van der Waals surface area contributed by atoms with Gasteiger partial charge in [-0.25, -0.2) is 0 Å². The quantitative estimate of drug-likeness (QED) is 0.718. The molecule has 4 heteroatoms. The highest BCUT2D eigenvalue weighted by Crippen LogP contribution is 2.73. The number of ether oxygens (including phenoxy) is 1. The van der Waals surface area contributed by atoms with Crippen LogP contribution in [0.15, 0.2) is 17.1 Å². The third kappa shape index (κ3) is 1.68. The number of nitrogens with zero attached hydrogens (tertiary/aromatic N) is 1. The average molecular weight is 345 g/mol. The molecule has 1 aliphatic heterocycles. The molecule has 0 amide bonds. The van der Waals surface area contributed by atoms with Crippen molar-refractivity contribution < 1.29 is 14.9 Å². The summed E-state index contributed by atoms with van der Waals surface area (Å²) >= 11 is 0. The maximum Gasteiger partial charge on any atom is 0.153 e. The highest BCUT2D eigenvalue weighted by Gasteiger charge is 2.72. The lowest BCUT2D eigenvalue weighted by Crippen LogP contribution is -2.72. The minimum absolute atomic E-state index is 0.0109. The minimum atomic E-state index is -0.558. The van der Waals surface area contributed by atoms with E-state index in [0.717, 1.165) is 44.1 Å². The highest BCUT2D eigenvalue weighted by molar-refractivity contribution is 5.70. The first-order valence-electron chi connectivity index (χ1n) is 10.0. The molecule has 4 bridgehead atoms. The van der Waals surface area contributed by atoms with Crippen LogP contribution in [0.5, 0.6) is 0 Å². The number of aliphatic hydroxyl groups excluding tert-OH is 2. The topological polar surface area (TPSA) is 62.1 Å². The number of hydrogen-bond donors (Lipinski definition) is 2. The number of hydrogen-bond acceptors (Lipinski definition) is 4. The summed E-state index contributed by atoms with van der Waals surface area (Å²) in [5, 5.41) is 22.5. The summed E-state index contributed by atoms with van der Waals surface area (Å²) in [5.41, 5.74) is 0.564. The molecule has 0 aromatic heterocycles. The second kappa shape index (κ2) is 4.96. The van der Waals surface area contributed by atoms with E-state index in [4.69, 9.17) is 9.73 Å². The molecular formula is C21H31NO3. The first-order chi connectivity index (χ1) is 11.9. The van der Waals surface area contributed by atoms with Crippen LogP contribution in [0.4, 0.5) is 0 Å². The maximum absolute atomic E-state index is 11.3. The Morgan fingerprint density at radius 2 is 2.00 bits per heavy atom. The van der Waals surface area contributed by atoms with E-state index >= 15 is 0 Å². The third-order valence-corrected chi connectivity index (χ3v) is 9.22. The standard InChI is InChI=1S/C21H31NO3/c1-12-13-5-8-21(17(12)24)15(9-13)20-7-4-6-19(2,14(20)10-16(21)23)18(25-3)22-11-20/h11,13-18,23-24H,1,4-10H2,2-3H3/t13-,14+,15-,16+,17-,18+,19+,20+,21+/m0/s1. The van der Waals surface area contributed by atoms with Gasteiger partial charge in [-0.05, 0) is 61.9 Å². The van der Waals surface area contributed by atoms with E-state index in [-0.39, 0.29) is 17.1 Å². The van der Waals surface area contributed by atoms with E-state index in [1.165, 1.54) is 6.42 Å². The smallest absolute Gasteiger partial charge is 0.153 e. The van der Waals surface area contributed by atoms with Crippen molar-refractivity contribution in [3.63, 3.8) is 0 Å². The molecule has 6 rings (SSSR count). The van der Waals surface area contributed by atoms with Crippen LogP contribution in [-0.4, -0.2) is 42.0 Å². The van der Waals surface area contributed by atoms with E-state index in [0.29, 0.717) is 17.8 Å². The van der Waals surface area contributed by atoms with E-state index in [1.807, 2.05) is 0 Å². The normalized spacial score (nSPS) is 59.4. The van der Waals surface area contributed by atoms with Gasteiger partial charge in [-0.2, -0.15) is 0 Å². The zero-order valence-corrected chi connectivity index (χ0v) is 15.4. The molecule has 6 aliphatic rings. The van der Waals surface area contributed by atoms with Crippen molar-refractivity contribution in [2.75, 3.05) is 7.11 Å². The first-order valence-corrected chi connectivity index (χ1v) is 10.0. The van der Waals surface area contributed by atoms with Gasteiger partial charge in [0.2, 0.25) is 0 Å². The van der Waals surface area contributed by atoms with Gasteiger partial charge in [0.15, 0.2) is 6.23 Å². The lowest BCUT2D eigenvalue weighted by Gasteiger charge is -2.71. The molecular weight excluding hydrogens is 314 g/mol. The van der Waals surface area contributed by atoms with Crippen molar-refractivity contribution in [2.45, 2.75) is 70.3 Å². The Bertz CT molecular complexity index is 647. The lowest BCUT2D eigenvalue weighted by atomic mass is 9.34. The lowest BCUT2D eigenvalue weighted by molar-refractivity contribution is -0.249. The molecule has 4 nitrogen and oxygen atoms in total. The van der Waals surface area contributed by atoms with E-state index in [1.54, 1.807) is 7.11 Å². The molecule has 0 saturated heterocycles. The Labute approximate surface area is 150 Å². The number of methoxy groups -OCH3 is 1.